The van der Waals surface area contributed by atoms with Crippen molar-refractivity contribution < 1.29 is 4.74 Å². The van der Waals surface area contributed by atoms with E-state index in [-0.39, 0.29) is 0 Å². The Kier molecular flexibility index (Phi) is 6.78. The molecule has 0 spiro atoms. The van der Waals surface area contributed by atoms with Gasteiger partial charge in [0.1, 0.15) is 5.01 Å². The molecule has 2 rings (SSSR count). The number of likely N-dealkylation sites (tertiary alicyclic amines) is 1. The summed E-state index contributed by atoms with van der Waals surface area (Å²) in [6, 6.07) is 0. The van der Waals surface area contributed by atoms with Crippen LogP contribution >= 0.6 is 11.3 Å². The third-order valence-electron chi connectivity index (χ3n) is 3.30. The molecule has 1 aliphatic heterocycles. The number of hydrogen-bond donors (Lipinski definition) is 1. The van der Waals surface area contributed by atoms with Gasteiger partial charge < -0.3 is 15.0 Å². The Morgan fingerprint density at radius 1 is 1.42 bits per heavy atom. The third-order valence-corrected chi connectivity index (χ3v) is 4.20. The Morgan fingerprint density at radius 2 is 2.26 bits per heavy atom. The zero-order valence-corrected chi connectivity index (χ0v) is 12.7. The second-order valence-electron chi connectivity index (χ2n) is 5.01. The Bertz CT molecular complexity index is 350. The van der Waals surface area contributed by atoms with Crippen molar-refractivity contribution in [1.82, 2.24) is 15.2 Å². The molecular weight excluding hydrogens is 258 g/mol. The van der Waals surface area contributed by atoms with E-state index in [4.69, 9.17) is 4.74 Å². The van der Waals surface area contributed by atoms with E-state index in [1.54, 1.807) is 11.3 Å². The predicted molar refractivity (Wildman–Crippen MR) is 79.4 cm³/mol. The molecule has 108 valence electrons. The first-order valence-corrected chi connectivity index (χ1v) is 8.20. The van der Waals surface area contributed by atoms with Crippen LogP contribution in [0.3, 0.4) is 0 Å². The van der Waals surface area contributed by atoms with E-state index >= 15 is 0 Å². The fourth-order valence-electron chi connectivity index (χ4n) is 2.25. The molecule has 0 radical (unpaired) electrons. The molecule has 1 N–H and O–H groups in total. The summed E-state index contributed by atoms with van der Waals surface area (Å²) in [5.74, 6) is 0. The highest BCUT2D eigenvalue weighted by Gasteiger charge is 2.10. The molecule has 1 aromatic rings. The van der Waals surface area contributed by atoms with Gasteiger partial charge in [0.2, 0.25) is 0 Å². The zero-order chi connectivity index (χ0) is 13.3. The number of thiazole rings is 1. The highest BCUT2D eigenvalue weighted by atomic mass is 32.1. The Hall–Kier alpha value is -0.490. The van der Waals surface area contributed by atoms with Gasteiger partial charge in [-0.3, -0.25) is 0 Å². The van der Waals surface area contributed by atoms with Gasteiger partial charge in [-0.25, -0.2) is 4.98 Å². The van der Waals surface area contributed by atoms with Crippen molar-refractivity contribution >= 4 is 11.3 Å². The smallest absolute Gasteiger partial charge is 0.107 e. The van der Waals surface area contributed by atoms with Gasteiger partial charge in [0.25, 0.3) is 0 Å². The van der Waals surface area contributed by atoms with Crippen molar-refractivity contribution in [2.75, 3.05) is 32.8 Å². The molecule has 0 aliphatic carbocycles. The molecule has 19 heavy (non-hydrogen) atoms. The number of nitrogens with zero attached hydrogens (tertiary/aromatic N) is 2. The molecule has 5 heteroatoms. The van der Waals surface area contributed by atoms with E-state index < -0.39 is 0 Å². The van der Waals surface area contributed by atoms with Crippen molar-refractivity contribution in [2.45, 2.75) is 39.3 Å². The molecule has 0 atom stereocenters. The van der Waals surface area contributed by atoms with Crippen molar-refractivity contribution in [3.8, 4) is 0 Å². The average molecular weight is 283 g/mol. The second kappa shape index (κ2) is 8.64. The Labute approximate surface area is 120 Å². The van der Waals surface area contributed by atoms with Crippen molar-refractivity contribution in [1.29, 1.82) is 0 Å². The molecule has 0 saturated carbocycles. The highest BCUT2D eigenvalue weighted by molar-refractivity contribution is 7.09. The molecule has 2 heterocycles. The summed E-state index contributed by atoms with van der Waals surface area (Å²) in [5, 5.41) is 6.64. The number of rotatable bonds is 9. The van der Waals surface area contributed by atoms with E-state index in [2.05, 4.69) is 27.5 Å². The Morgan fingerprint density at radius 3 is 3.05 bits per heavy atom. The van der Waals surface area contributed by atoms with Gasteiger partial charge in [-0.2, -0.15) is 0 Å². The van der Waals surface area contributed by atoms with E-state index in [1.165, 1.54) is 25.9 Å². The first-order chi connectivity index (χ1) is 9.38. The predicted octanol–water partition coefficient (Wildman–Crippen LogP) is 2.26. The van der Waals surface area contributed by atoms with E-state index in [0.29, 0.717) is 6.61 Å². The van der Waals surface area contributed by atoms with Gasteiger partial charge in [0, 0.05) is 18.5 Å². The van der Waals surface area contributed by atoms with Crippen LogP contribution in [0.4, 0.5) is 0 Å². The minimum Gasteiger partial charge on any atom is -0.374 e. The first-order valence-electron chi connectivity index (χ1n) is 7.32. The standard InChI is InChI=1S/C14H25N3OS/c1-2-5-15-10-14-16-13(12-19-14)11-18-9-8-17-6-3-4-7-17/h12,15H,2-11H2,1H3. The van der Waals surface area contributed by atoms with Crippen molar-refractivity contribution in [3.63, 3.8) is 0 Å². The van der Waals surface area contributed by atoms with Crippen LogP contribution in [0.15, 0.2) is 5.38 Å². The van der Waals surface area contributed by atoms with Crippen LogP contribution in [0.5, 0.6) is 0 Å². The second-order valence-corrected chi connectivity index (χ2v) is 5.95. The van der Waals surface area contributed by atoms with Gasteiger partial charge in [0.15, 0.2) is 0 Å². The largest absolute Gasteiger partial charge is 0.374 e. The fourth-order valence-corrected chi connectivity index (χ4v) is 2.99. The summed E-state index contributed by atoms with van der Waals surface area (Å²) in [4.78, 5) is 7.04. The molecule has 0 amide bonds. The van der Waals surface area contributed by atoms with Crippen LogP contribution in [0.2, 0.25) is 0 Å². The molecular formula is C14H25N3OS. The zero-order valence-electron chi connectivity index (χ0n) is 11.9. The summed E-state index contributed by atoms with van der Waals surface area (Å²) in [6.07, 6.45) is 3.86. The lowest BCUT2D eigenvalue weighted by molar-refractivity contribution is 0.0973. The minimum atomic E-state index is 0.651. The van der Waals surface area contributed by atoms with E-state index in [9.17, 15) is 0 Å². The van der Waals surface area contributed by atoms with Gasteiger partial charge in [-0.1, -0.05) is 6.92 Å². The van der Waals surface area contributed by atoms with Crippen molar-refractivity contribution in [3.05, 3.63) is 16.1 Å². The quantitative estimate of drug-likeness (QED) is 0.705. The summed E-state index contributed by atoms with van der Waals surface area (Å²) < 4.78 is 5.70. The lowest BCUT2D eigenvalue weighted by atomic mass is 10.4. The summed E-state index contributed by atoms with van der Waals surface area (Å²) in [6.45, 7) is 9.14. The molecule has 1 saturated heterocycles. The lowest BCUT2D eigenvalue weighted by Crippen LogP contribution is -2.23. The van der Waals surface area contributed by atoms with Crippen LogP contribution in [0.25, 0.3) is 0 Å². The monoisotopic (exact) mass is 283 g/mol. The van der Waals surface area contributed by atoms with Crippen LogP contribution in [-0.2, 0) is 17.9 Å². The fraction of sp³-hybridized carbons (Fsp3) is 0.786. The first kappa shape index (κ1) is 14.9. The van der Waals surface area contributed by atoms with Crippen LogP contribution in [0.1, 0.15) is 36.9 Å². The summed E-state index contributed by atoms with van der Waals surface area (Å²) in [7, 11) is 0. The minimum absolute atomic E-state index is 0.651. The van der Waals surface area contributed by atoms with Gasteiger partial charge in [0.05, 0.1) is 18.9 Å². The summed E-state index contributed by atoms with van der Waals surface area (Å²) >= 11 is 1.72. The summed E-state index contributed by atoms with van der Waals surface area (Å²) in [5.41, 5.74) is 1.07. The van der Waals surface area contributed by atoms with E-state index in [0.717, 1.165) is 43.4 Å². The van der Waals surface area contributed by atoms with Gasteiger partial charge >= 0.3 is 0 Å². The van der Waals surface area contributed by atoms with Crippen LogP contribution in [-0.4, -0.2) is 42.7 Å². The normalized spacial score (nSPS) is 16.3. The molecule has 0 aromatic carbocycles. The van der Waals surface area contributed by atoms with E-state index in [1.807, 2.05) is 0 Å². The number of nitrogens with one attached hydrogen (secondary N) is 1. The SMILES string of the molecule is CCCNCc1nc(COCCN2CCCC2)cs1. The van der Waals surface area contributed by atoms with Crippen molar-refractivity contribution in [2.24, 2.45) is 0 Å². The molecule has 0 bridgehead atoms. The molecule has 1 aliphatic rings. The highest BCUT2D eigenvalue weighted by Crippen LogP contribution is 2.11. The third kappa shape index (κ3) is 5.57. The number of aromatic nitrogens is 1. The molecule has 1 fully saturated rings. The maximum Gasteiger partial charge on any atom is 0.107 e. The van der Waals surface area contributed by atoms with Gasteiger partial charge in [-0.05, 0) is 38.9 Å². The number of hydrogen-bond acceptors (Lipinski definition) is 5. The van der Waals surface area contributed by atoms with Gasteiger partial charge in [-0.15, -0.1) is 11.3 Å². The Balaban J connectivity index is 1.57. The molecule has 0 unspecified atom stereocenters. The molecule has 4 nitrogen and oxygen atoms in total. The number of ether oxygens (including phenoxy) is 1. The van der Waals surface area contributed by atoms with Crippen LogP contribution < -0.4 is 5.32 Å². The average Bonchev–Trinajstić information content (AvgIpc) is 3.06. The maximum absolute atomic E-state index is 5.70. The molecule has 1 aromatic heterocycles. The topological polar surface area (TPSA) is 37.4 Å². The maximum atomic E-state index is 5.70. The lowest BCUT2D eigenvalue weighted by Gasteiger charge is -2.13. The van der Waals surface area contributed by atoms with Crippen LogP contribution in [0, 0.1) is 0 Å².